The van der Waals surface area contributed by atoms with Crippen LogP contribution in [0.25, 0.3) is 0 Å². The van der Waals surface area contributed by atoms with Crippen LogP contribution in [0.3, 0.4) is 0 Å². The zero-order chi connectivity index (χ0) is 18.3. The molecule has 0 N–H and O–H groups in total. The van der Waals surface area contributed by atoms with Gasteiger partial charge in [-0.3, -0.25) is 14.6 Å². The lowest BCUT2D eigenvalue weighted by Crippen LogP contribution is -2.39. The van der Waals surface area contributed by atoms with Gasteiger partial charge in [-0.2, -0.15) is 5.11 Å². The molecule has 0 spiro atoms. The van der Waals surface area contributed by atoms with Gasteiger partial charge in [0, 0.05) is 0 Å². The summed E-state index contributed by atoms with van der Waals surface area (Å²) in [4.78, 5) is 26.5. The summed E-state index contributed by atoms with van der Waals surface area (Å²) < 4.78 is 13.1. The van der Waals surface area contributed by atoms with Gasteiger partial charge in [-0.15, -0.1) is 0 Å². The molecule has 26 heavy (non-hydrogen) atoms. The lowest BCUT2D eigenvalue weighted by atomic mass is 10.1. The van der Waals surface area contributed by atoms with Crippen molar-refractivity contribution in [3.63, 3.8) is 0 Å². The summed E-state index contributed by atoms with van der Waals surface area (Å²) in [6.07, 6.45) is 0.952. The van der Waals surface area contributed by atoms with Crippen molar-refractivity contribution in [3.05, 3.63) is 65.5 Å². The number of benzene rings is 2. The second-order valence-electron chi connectivity index (χ2n) is 6.35. The number of carbonyl (C=O) groups is 2. The third kappa shape index (κ3) is 2.65. The highest BCUT2D eigenvalue weighted by Crippen LogP contribution is 2.32. The van der Waals surface area contributed by atoms with Gasteiger partial charge in [-0.25, -0.2) is 9.29 Å². The molecule has 2 atom stereocenters. The monoisotopic (exact) mass is 352 g/mol. The van der Waals surface area contributed by atoms with Gasteiger partial charge in [0.2, 0.25) is 0 Å². The molecule has 132 valence electrons. The molecule has 2 aromatic carbocycles. The number of carbonyl (C=O) groups excluding carboxylic acids is 2. The van der Waals surface area contributed by atoms with Crippen molar-refractivity contribution in [3.8, 4) is 0 Å². The minimum absolute atomic E-state index is 0.346. The normalized spacial score (nSPS) is 21.6. The molecule has 1 fully saturated rings. The van der Waals surface area contributed by atoms with Crippen LogP contribution in [0.4, 0.5) is 10.1 Å². The first-order valence-electron chi connectivity index (χ1n) is 8.47. The van der Waals surface area contributed by atoms with E-state index in [-0.39, 0.29) is 5.91 Å². The molecule has 4 rings (SSSR count). The first-order chi connectivity index (χ1) is 12.6. The van der Waals surface area contributed by atoms with Gasteiger partial charge in [-0.1, -0.05) is 36.4 Å². The van der Waals surface area contributed by atoms with Crippen molar-refractivity contribution in [2.24, 2.45) is 10.3 Å². The molecule has 0 aromatic heterocycles. The Labute approximate surface area is 149 Å². The number of fused-ring (bicyclic) bond motifs is 1. The minimum Gasteiger partial charge on any atom is -0.271 e. The van der Waals surface area contributed by atoms with Crippen LogP contribution < -0.4 is 4.90 Å². The van der Waals surface area contributed by atoms with Crippen molar-refractivity contribution in [2.45, 2.75) is 32.0 Å². The average molecular weight is 352 g/mol. The molecular formula is C19H17FN4O2. The number of hydrogen-bond acceptors (Lipinski definition) is 5. The lowest BCUT2D eigenvalue weighted by molar-refractivity contribution is -0.123. The summed E-state index contributed by atoms with van der Waals surface area (Å²) in [6.45, 7) is 2.48. The second-order valence-corrected chi connectivity index (χ2v) is 6.35. The van der Waals surface area contributed by atoms with Gasteiger partial charge < -0.3 is 0 Å². The Morgan fingerprint density at radius 1 is 0.962 bits per heavy atom. The van der Waals surface area contributed by atoms with Crippen LogP contribution in [0.15, 0.2) is 58.9 Å². The van der Waals surface area contributed by atoms with E-state index < -0.39 is 23.8 Å². The van der Waals surface area contributed by atoms with Crippen LogP contribution in [0.1, 0.15) is 18.1 Å². The number of imide groups is 1. The molecule has 0 bridgehead atoms. The van der Waals surface area contributed by atoms with Crippen molar-refractivity contribution < 1.29 is 14.0 Å². The number of rotatable bonds is 4. The molecule has 2 aliphatic heterocycles. The number of aryl methyl sites for hydroxylation is 1. The van der Waals surface area contributed by atoms with E-state index in [9.17, 15) is 14.0 Å². The molecule has 0 radical (unpaired) electrons. The van der Waals surface area contributed by atoms with Crippen molar-refractivity contribution >= 4 is 17.5 Å². The third-order valence-corrected chi connectivity index (χ3v) is 4.72. The van der Waals surface area contributed by atoms with Crippen LogP contribution in [-0.2, 0) is 22.6 Å². The fourth-order valence-electron chi connectivity index (χ4n) is 3.27. The molecule has 1 saturated heterocycles. The molecular weight excluding hydrogens is 335 g/mol. The maximum absolute atomic E-state index is 13.1. The van der Waals surface area contributed by atoms with E-state index in [4.69, 9.17) is 0 Å². The Kier molecular flexibility index (Phi) is 3.99. The fourth-order valence-corrected chi connectivity index (χ4v) is 3.27. The highest BCUT2D eigenvalue weighted by molar-refractivity contribution is 6.25. The SMILES string of the molecule is CCc1ccc(CN2N=N[C@H]3C(=O)N(c4ccc(F)cc4)C(=O)[C@H]32)cc1. The molecule has 0 saturated carbocycles. The molecule has 2 heterocycles. The highest BCUT2D eigenvalue weighted by atomic mass is 19.1. The smallest absolute Gasteiger partial charge is 0.263 e. The van der Waals surface area contributed by atoms with Crippen molar-refractivity contribution in [1.82, 2.24) is 5.01 Å². The zero-order valence-corrected chi connectivity index (χ0v) is 14.2. The Bertz CT molecular complexity index is 879. The van der Waals surface area contributed by atoms with E-state index in [1.54, 1.807) is 5.01 Å². The van der Waals surface area contributed by atoms with Gasteiger partial charge in [0.15, 0.2) is 12.1 Å². The van der Waals surface area contributed by atoms with E-state index in [2.05, 4.69) is 17.3 Å². The summed E-state index contributed by atoms with van der Waals surface area (Å²) in [7, 11) is 0. The van der Waals surface area contributed by atoms with Crippen LogP contribution in [0, 0.1) is 5.82 Å². The van der Waals surface area contributed by atoms with E-state index in [1.165, 1.54) is 29.8 Å². The molecule has 2 aliphatic rings. The highest BCUT2D eigenvalue weighted by Gasteiger charge is 2.54. The standard InChI is InChI=1S/C19H17FN4O2/c1-2-12-3-5-13(6-4-12)11-23-17-16(21-22-23)18(25)24(19(17)26)15-9-7-14(20)8-10-15/h3-10,16-17H,2,11H2,1H3/t16-,17+/m1/s1. The topological polar surface area (TPSA) is 65.3 Å². The summed E-state index contributed by atoms with van der Waals surface area (Å²) in [5, 5.41) is 9.58. The molecule has 0 aliphatic carbocycles. The molecule has 2 amide bonds. The summed E-state index contributed by atoms with van der Waals surface area (Å²) in [5.41, 5.74) is 2.56. The molecule has 2 aromatic rings. The van der Waals surface area contributed by atoms with Crippen LogP contribution >= 0.6 is 0 Å². The van der Waals surface area contributed by atoms with E-state index in [0.29, 0.717) is 12.2 Å². The lowest BCUT2D eigenvalue weighted by Gasteiger charge is -2.20. The zero-order valence-electron chi connectivity index (χ0n) is 14.2. The van der Waals surface area contributed by atoms with Gasteiger partial charge in [0.05, 0.1) is 12.2 Å². The number of hydrogen-bond donors (Lipinski definition) is 0. The van der Waals surface area contributed by atoms with Crippen LogP contribution in [-0.4, -0.2) is 28.9 Å². The van der Waals surface area contributed by atoms with Crippen LogP contribution in [0.2, 0.25) is 0 Å². The fraction of sp³-hybridized carbons (Fsp3) is 0.263. The number of amides is 2. The Morgan fingerprint density at radius 3 is 2.27 bits per heavy atom. The van der Waals surface area contributed by atoms with Gasteiger partial charge in [0.1, 0.15) is 5.82 Å². The maximum Gasteiger partial charge on any atom is 0.263 e. The first-order valence-corrected chi connectivity index (χ1v) is 8.47. The first kappa shape index (κ1) is 16.4. The predicted octanol–water partition coefficient (Wildman–Crippen LogP) is 2.88. The van der Waals surface area contributed by atoms with E-state index in [1.807, 2.05) is 24.3 Å². The summed E-state index contributed by atoms with van der Waals surface area (Å²) in [5.74, 6) is -1.24. The average Bonchev–Trinajstić information content (AvgIpc) is 3.17. The van der Waals surface area contributed by atoms with Crippen molar-refractivity contribution in [2.75, 3.05) is 4.90 Å². The number of nitrogens with zero attached hydrogens (tertiary/aromatic N) is 4. The quantitative estimate of drug-likeness (QED) is 0.795. The van der Waals surface area contributed by atoms with Gasteiger partial charge in [0.25, 0.3) is 11.8 Å². The number of halogens is 1. The Balaban J connectivity index is 1.56. The summed E-state index contributed by atoms with van der Waals surface area (Å²) in [6, 6.07) is 11.7. The molecule has 0 unspecified atom stereocenters. The number of anilines is 1. The molecule has 6 nitrogen and oxygen atoms in total. The Morgan fingerprint density at radius 2 is 1.62 bits per heavy atom. The van der Waals surface area contributed by atoms with Gasteiger partial charge >= 0.3 is 0 Å². The third-order valence-electron chi connectivity index (χ3n) is 4.72. The van der Waals surface area contributed by atoms with Crippen molar-refractivity contribution in [1.29, 1.82) is 0 Å². The second kappa shape index (κ2) is 6.33. The van der Waals surface area contributed by atoms with Crippen LogP contribution in [0.5, 0.6) is 0 Å². The summed E-state index contributed by atoms with van der Waals surface area (Å²) >= 11 is 0. The van der Waals surface area contributed by atoms with Gasteiger partial charge in [-0.05, 0) is 41.8 Å². The maximum atomic E-state index is 13.1. The predicted molar refractivity (Wildman–Crippen MR) is 92.7 cm³/mol. The van der Waals surface area contributed by atoms with E-state index in [0.717, 1.165) is 16.9 Å². The Hall–Kier alpha value is -3.09. The largest absolute Gasteiger partial charge is 0.271 e. The van der Waals surface area contributed by atoms with E-state index >= 15 is 0 Å². The molecule has 7 heteroatoms. The minimum atomic E-state index is -0.845.